The van der Waals surface area contributed by atoms with Crippen molar-refractivity contribution in [1.82, 2.24) is 19.9 Å². The lowest BCUT2D eigenvalue weighted by atomic mass is 10.1. The Morgan fingerprint density at radius 2 is 2.00 bits per heavy atom. The summed E-state index contributed by atoms with van der Waals surface area (Å²) in [6.45, 7) is 3.15. The second-order valence-corrected chi connectivity index (χ2v) is 5.89. The zero-order valence-electron chi connectivity index (χ0n) is 15.4. The Bertz CT molecular complexity index is 908. The van der Waals surface area contributed by atoms with Crippen LogP contribution in [0.4, 0.5) is 0 Å². The molecular formula is C20H22N4O3. The quantitative estimate of drug-likeness (QED) is 0.620. The van der Waals surface area contributed by atoms with E-state index in [1.165, 1.54) is 0 Å². The number of rotatable bonds is 8. The summed E-state index contributed by atoms with van der Waals surface area (Å²) >= 11 is 0. The standard InChI is InChI=1S/C20H22N4O3/c1-15-21-9-10-24(15)19-13-16(7-8-22-19)14-23-20(25)17-5-3-4-6-18(17)27-12-11-26-2/h3-10,13H,11-12,14H2,1-2H3,(H,23,25). The molecule has 3 aromatic rings. The number of nitrogens with one attached hydrogen (secondary N) is 1. The van der Waals surface area contributed by atoms with Gasteiger partial charge in [-0.05, 0) is 36.8 Å². The maximum atomic E-state index is 12.6. The van der Waals surface area contributed by atoms with Crippen LogP contribution in [0.15, 0.2) is 55.0 Å². The van der Waals surface area contributed by atoms with Gasteiger partial charge in [0.25, 0.3) is 5.91 Å². The molecule has 0 radical (unpaired) electrons. The number of carbonyl (C=O) groups is 1. The predicted molar refractivity (Wildman–Crippen MR) is 101 cm³/mol. The SMILES string of the molecule is COCCOc1ccccc1C(=O)NCc1ccnc(-n2ccnc2C)c1. The molecule has 0 aliphatic heterocycles. The molecule has 7 heteroatoms. The number of nitrogens with zero attached hydrogens (tertiary/aromatic N) is 3. The third kappa shape index (κ3) is 4.71. The Morgan fingerprint density at radius 3 is 2.78 bits per heavy atom. The fourth-order valence-electron chi connectivity index (χ4n) is 2.61. The van der Waals surface area contributed by atoms with Crippen molar-refractivity contribution in [2.75, 3.05) is 20.3 Å². The summed E-state index contributed by atoms with van der Waals surface area (Å²) in [6, 6.07) is 11.0. The molecule has 7 nitrogen and oxygen atoms in total. The third-order valence-electron chi connectivity index (χ3n) is 4.01. The van der Waals surface area contributed by atoms with Gasteiger partial charge in [-0.15, -0.1) is 0 Å². The molecule has 0 bridgehead atoms. The monoisotopic (exact) mass is 366 g/mol. The van der Waals surface area contributed by atoms with Crippen molar-refractivity contribution in [3.05, 3.63) is 71.9 Å². The Kier molecular flexibility index (Phi) is 6.17. The first kappa shape index (κ1) is 18.6. The zero-order chi connectivity index (χ0) is 19.1. The van der Waals surface area contributed by atoms with Crippen molar-refractivity contribution < 1.29 is 14.3 Å². The lowest BCUT2D eigenvalue weighted by Crippen LogP contribution is -2.24. The van der Waals surface area contributed by atoms with Crippen LogP contribution < -0.4 is 10.1 Å². The molecule has 1 amide bonds. The summed E-state index contributed by atoms with van der Waals surface area (Å²) in [4.78, 5) is 21.2. The Labute approximate surface area is 158 Å². The van der Waals surface area contributed by atoms with E-state index in [9.17, 15) is 4.79 Å². The van der Waals surface area contributed by atoms with E-state index in [-0.39, 0.29) is 5.91 Å². The Balaban J connectivity index is 1.67. The summed E-state index contributed by atoms with van der Waals surface area (Å²) in [5.41, 5.74) is 1.44. The fourth-order valence-corrected chi connectivity index (χ4v) is 2.61. The number of ether oxygens (including phenoxy) is 2. The van der Waals surface area contributed by atoms with Gasteiger partial charge in [-0.1, -0.05) is 12.1 Å². The minimum absolute atomic E-state index is 0.194. The Morgan fingerprint density at radius 1 is 1.15 bits per heavy atom. The molecule has 1 aromatic carbocycles. The van der Waals surface area contributed by atoms with E-state index in [1.807, 2.05) is 42.0 Å². The summed E-state index contributed by atoms with van der Waals surface area (Å²) in [6.07, 6.45) is 5.30. The van der Waals surface area contributed by atoms with Crippen LogP contribution in [0.1, 0.15) is 21.7 Å². The molecule has 0 fully saturated rings. The first-order valence-electron chi connectivity index (χ1n) is 8.63. The van der Waals surface area contributed by atoms with E-state index in [1.54, 1.807) is 31.6 Å². The normalized spacial score (nSPS) is 10.6. The van der Waals surface area contributed by atoms with Crippen molar-refractivity contribution >= 4 is 5.91 Å². The molecule has 27 heavy (non-hydrogen) atoms. The van der Waals surface area contributed by atoms with Gasteiger partial charge >= 0.3 is 0 Å². The third-order valence-corrected chi connectivity index (χ3v) is 4.01. The second-order valence-electron chi connectivity index (χ2n) is 5.89. The first-order chi connectivity index (χ1) is 13.2. The van der Waals surface area contributed by atoms with Crippen molar-refractivity contribution in [1.29, 1.82) is 0 Å². The number of para-hydroxylation sites is 1. The van der Waals surface area contributed by atoms with Crippen LogP contribution >= 0.6 is 0 Å². The van der Waals surface area contributed by atoms with Crippen molar-refractivity contribution in [3.63, 3.8) is 0 Å². The average Bonchev–Trinajstić information content (AvgIpc) is 3.13. The van der Waals surface area contributed by atoms with Crippen LogP contribution in [0.3, 0.4) is 0 Å². The van der Waals surface area contributed by atoms with E-state index in [0.29, 0.717) is 31.1 Å². The minimum atomic E-state index is -0.194. The number of benzene rings is 1. The molecule has 2 heterocycles. The molecule has 1 N–H and O–H groups in total. The highest BCUT2D eigenvalue weighted by molar-refractivity contribution is 5.96. The predicted octanol–water partition coefficient (Wildman–Crippen LogP) is 2.53. The van der Waals surface area contributed by atoms with Crippen LogP contribution in [-0.2, 0) is 11.3 Å². The highest BCUT2D eigenvalue weighted by atomic mass is 16.5. The van der Waals surface area contributed by atoms with E-state index in [2.05, 4.69) is 15.3 Å². The van der Waals surface area contributed by atoms with Gasteiger partial charge in [0, 0.05) is 32.2 Å². The molecular weight excluding hydrogens is 344 g/mol. The molecule has 0 saturated carbocycles. The van der Waals surface area contributed by atoms with Gasteiger partial charge < -0.3 is 14.8 Å². The van der Waals surface area contributed by atoms with Crippen LogP contribution in [0.2, 0.25) is 0 Å². The van der Waals surface area contributed by atoms with Crippen LogP contribution in [0, 0.1) is 6.92 Å². The summed E-state index contributed by atoms with van der Waals surface area (Å²) in [5, 5.41) is 2.93. The number of imidazole rings is 1. The van der Waals surface area contributed by atoms with Crippen LogP contribution in [-0.4, -0.2) is 40.8 Å². The van der Waals surface area contributed by atoms with E-state index >= 15 is 0 Å². The van der Waals surface area contributed by atoms with Crippen molar-refractivity contribution in [2.45, 2.75) is 13.5 Å². The second kappa shape index (κ2) is 8.95. The lowest BCUT2D eigenvalue weighted by molar-refractivity contribution is 0.0943. The number of hydrogen-bond donors (Lipinski definition) is 1. The van der Waals surface area contributed by atoms with Gasteiger partial charge in [-0.25, -0.2) is 9.97 Å². The molecule has 3 rings (SSSR count). The van der Waals surface area contributed by atoms with Gasteiger partial charge in [0.2, 0.25) is 0 Å². The van der Waals surface area contributed by atoms with Gasteiger partial charge in [0.05, 0.1) is 12.2 Å². The summed E-state index contributed by atoms with van der Waals surface area (Å²) < 4.78 is 12.5. The average molecular weight is 366 g/mol. The fraction of sp³-hybridized carbons (Fsp3) is 0.250. The molecule has 0 aliphatic carbocycles. The highest BCUT2D eigenvalue weighted by Crippen LogP contribution is 2.18. The largest absolute Gasteiger partial charge is 0.490 e. The number of hydrogen-bond acceptors (Lipinski definition) is 5. The molecule has 0 aliphatic rings. The van der Waals surface area contributed by atoms with Crippen LogP contribution in [0.25, 0.3) is 5.82 Å². The summed E-state index contributed by atoms with van der Waals surface area (Å²) in [5.74, 6) is 1.96. The Hall–Kier alpha value is -3.19. The molecule has 0 atom stereocenters. The highest BCUT2D eigenvalue weighted by Gasteiger charge is 2.12. The zero-order valence-corrected chi connectivity index (χ0v) is 15.4. The topological polar surface area (TPSA) is 78.3 Å². The van der Waals surface area contributed by atoms with Gasteiger partial charge in [0.15, 0.2) is 0 Å². The van der Waals surface area contributed by atoms with E-state index in [0.717, 1.165) is 17.2 Å². The number of aryl methyl sites for hydroxylation is 1. The first-order valence-corrected chi connectivity index (χ1v) is 8.63. The smallest absolute Gasteiger partial charge is 0.255 e. The number of pyridine rings is 1. The number of aromatic nitrogens is 3. The molecule has 0 saturated heterocycles. The van der Waals surface area contributed by atoms with E-state index in [4.69, 9.17) is 9.47 Å². The number of amides is 1. The van der Waals surface area contributed by atoms with Gasteiger partial charge in [-0.3, -0.25) is 9.36 Å². The van der Waals surface area contributed by atoms with Gasteiger partial charge in [-0.2, -0.15) is 0 Å². The molecule has 140 valence electrons. The number of carbonyl (C=O) groups excluding carboxylic acids is 1. The number of methoxy groups -OCH3 is 1. The van der Waals surface area contributed by atoms with E-state index < -0.39 is 0 Å². The molecule has 2 aromatic heterocycles. The minimum Gasteiger partial charge on any atom is -0.490 e. The molecule has 0 unspecified atom stereocenters. The van der Waals surface area contributed by atoms with Crippen LogP contribution in [0.5, 0.6) is 5.75 Å². The van der Waals surface area contributed by atoms with Crippen molar-refractivity contribution in [3.8, 4) is 11.6 Å². The van der Waals surface area contributed by atoms with Crippen molar-refractivity contribution in [2.24, 2.45) is 0 Å². The van der Waals surface area contributed by atoms with Gasteiger partial charge in [0.1, 0.15) is 24.0 Å². The lowest BCUT2D eigenvalue weighted by Gasteiger charge is -2.12. The maximum Gasteiger partial charge on any atom is 0.255 e. The maximum absolute atomic E-state index is 12.6. The summed E-state index contributed by atoms with van der Waals surface area (Å²) in [7, 11) is 1.61. The molecule has 0 spiro atoms.